The molecule has 0 saturated carbocycles. The van der Waals surface area contributed by atoms with E-state index in [-0.39, 0.29) is 12.1 Å². The zero-order valence-electron chi connectivity index (χ0n) is 17.4. The number of halogens is 2. The minimum atomic E-state index is 0.0421. The van der Waals surface area contributed by atoms with Gasteiger partial charge in [-0.2, -0.15) is 0 Å². The van der Waals surface area contributed by atoms with Crippen LogP contribution >= 0.6 is 23.2 Å². The van der Waals surface area contributed by atoms with Gasteiger partial charge < -0.3 is 10.1 Å². The molecule has 2 atom stereocenters. The maximum Gasteiger partial charge on any atom is 0.148 e. The van der Waals surface area contributed by atoms with Crippen molar-refractivity contribution in [3.8, 4) is 11.3 Å². The molecule has 0 spiro atoms. The molecule has 0 radical (unpaired) electrons. The molecule has 1 aliphatic rings. The van der Waals surface area contributed by atoms with Crippen LogP contribution in [0.3, 0.4) is 0 Å². The van der Waals surface area contributed by atoms with Crippen LogP contribution in [-0.2, 0) is 24.0 Å². The van der Waals surface area contributed by atoms with Crippen molar-refractivity contribution in [3.63, 3.8) is 0 Å². The summed E-state index contributed by atoms with van der Waals surface area (Å²) in [5.41, 5.74) is 6.06. The molecule has 0 bridgehead atoms. The second-order valence-electron chi connectivity index (χ2n) is 7.44. The fourth-order valence-corrected chi connectivity index (χ4v) is 4.60. The van der Waals surface area contributed by atoms with E-state index in [0.29, 0.717) is 10.0 Å². The monoisotopic (exact) mass is 441 g/mol. The number of benzene rings is 2. The number of fused-ring (bicyclic) bond motifs is 1. The first-order chi connectivity index (χ1) is 14.5. The van der Waals surface area contributed by atoms with E-state index < -0.39 is 0 Å². The van der Waals surface area contributed by atoms with Crippen LogP contribution in [0.1, 0.15) is 42.4 Å². The third-order valence-electron chi connectivity index (χ3n) is 5.67. The Balaban J connectivity index is 1.76. The maximum absolute atomic E-state index is 6.48. The van der Waals surface area contributed by atoms with Crippen LogP contribution in [0.2, 0.25) is 10.0 Å². The molecule has 156 valence electrons. The molecule has 0 amide bonds. The fourth-order valence-electron chi connectivity index (χ4n) is 4.11. The van der Waals surface area contributed by atoms with Gasteiger partial charge in [-0.25, -0.2) is 9.97 Å². The molecular weight excluding hydrogens is 417 g/mol. The Morgan fingerprint density at radius 2 is 1.80 bits per heavy atom. The van der Waals surface area contributed by atoms with Gasteiger partial charge in [-0.15, -0.1) is 0 Å². The molecule has 1 aliphatic carbocycles. The molecule has 4 nitrogen and oxygen atoms in total. The molecule has 0 fully saturated rings. The first-order valence-electron chi connectivity index (χ1n) is 10.3. The standard InChI is InChI=1S/C24H25Cl2N3O/c1-4-19-22(17-11-10-15(25)13-18(17)26)27-20(5-2)24(28-19)29-23-16-9-7-6-8-14(16)12-21(23)30-3/h6-11,13,21,23H,4-5,12H2,1-3H3,(H,28,29)/t21-,23?/m0/s1. The SMILES string of the molecule is CCc1nc(-c2ccc(Cl)cc2Cl)c(CC)nc1NC1c2ccccc2C[C@@H]1OC. The van der Waals surface area contributed by atoms with Gasteiger partial charge in [0.1, 0.15) is 5.82 Å². The highest BCUT2D eigenvalue weighted by Crippen LogP contribution is 2.37. The van der Waals surface area contributed by atoms with E-state index in [9.17, 15) is 0 Å². The average molecular weight is 442 g/mol. The smallest absolute Gasteiger partial charge is 0.148 e. The quantitative estimate of drug-likeness (QED) is 0.487. The summed E-state index contributed by atoms with van der Waals surface area (Å²) in [5.74, 6) is 0.812. The van der Waals surface area contributed by atoms with E-state index in [4.69, 9.17) is 37.9 Å². The van der Waals surface area contributed by atoms with Crippen LogP contribution < -0.4 is 5.32 Å². The van der Waals surface area contributed by atoms with E-state index in [0.717, 1.165) is 47.7 Å². The minimum Gasteiger partial charge on any atom is -0.379 e. The molecule has 30 heavy (non-hydrogen) atoms. The molecule has 1 N–H and O–H groups in total. The second kappa shape index (κ2) is 8.93. The van der Waals surface area contributed by atoms with E-state index in [1.807, 2.05) is 12.1 Å². The van der Waals surface area contributed by atoms with E-state index in [1.165, 1.54) is 11.1 Å². The molecule has 3 aromatic rings. The van der Waals surface area contributed by atoms with Gasteiger partial charge in [-0.1, -0.05) is 61.3 Å². The van der Waals surface area contributed by atoms with Crippen LogP contribution in [0.25, 0.3) is 11.3 Å². The normalized spacial score (nSPS) is 17.8. The molecule has 0 aliphatic heterocycles. The largest absolute Gasteiger partial charge is 0.379 e. The van der Waals surface area contributed by atoms with Crippen molar-refractivity contribution in [1.82, 2.24) is 9.97 Å². The average Bonchev–Trinajstić information content (AvgIpc) is 3.11. The van der Waals surface area contributed by atoms with E-state index in [2.05, 4.69) is 43.4 Å². The number of anilines is 1. The topological polar surface area (TPSA) is 47.0 Å². The zero-order valence-corrected chi connectivity index (χ0v) is 18.9. The van der Waals surface area contributed by atoms with E-state index in [1.54, 1.807) is 13.2 Å². The molecule has 1 unspecified atom stereocenters. The number of ether oxygens (including phenoxy) is 1. The molecular formula is C24H25Cl2N3O. The van der Waals surface area contributed by atoms with Crippen molar-refractivity contribution in [2.24, 2.45) is 0 Å². The number of hydrogen-bond acceptors (Lipinski definition) is 4. The number of nitrogens with one attached hydrogen (secondary N) is 1. The number of methoxy groups -OCH3 is 1. The predicted molar refractivity (Wildman–Crippen MR) is 124 cm³/mol. The Morgan fingerprint density at radius 1 is 1.03 bits per heavy atom. The van der Waals surface area contributed by atoms with Gasteiger partial charge >= 0.3 is 0 Å². The summed E-state index contributed by atoms with van der Waals surface area (Å²) >= 11 is 12.6. The lowest BCUT2D eigenvalue weighted by atomic mass is 10.1. The Labute approximate surface area is 187 Å². The Hall–Kier alpha value is -2.14. The maximum atomic E-state index is 6.48. The van der Waals surface area contributed by atoms with Gasteiger partial charge in [0.25, 0.3) is 0 Å². The van der Waals surface area contributed by atoms with Crippen LogP contribution in [0.15, 0.2) is 42.5 Å². The molecule has 1 aromatic heterocycles. The fraction of sp³-hybridized carbons (Fsp3) is 0.333. The number of rotatable bonds is 6. The Morgan fingerprint density at radius 3 is 2.50 bits per heavy atom. The first kappa shape index (κ1) is 21.1. The van der Waals surface area contributed by atoms with Crippen molar-refractivity contribution >= 4 is 29.0 Å². The molecule has 1 heterocycles. The van der Waals surface area contributed by atoms with Gasteiger partial charge in [0.2, 0.25) is 0 Å². The van der Waals surface area contributed by atoms with Gasteiger partial charge in [-0.3, -0.25) is 0 Å². The highest BCUT2D eigenvalue weighted by molar-refractivity contribution is 6.36. The lowest BCUT2D eigenvalue weighted by Gasteiger charge is -2.23. The Bertz CT molecular complexity index is 1070. The van der Waals surface area contributed by atoms with Gasteiger partial charge in [0, 0.05) is 24.1 Å². The van der Waals surface area contributed by atoms with Crippen LogP contribution in [-0.4, -0.2) is 23.2 Å². The van der Waals surface area contributed by atoms with Crippen molar-refractivity contribution in [1.29, 1.82) is 0 Å². The van der Waals surface area contributed by atoms with E-state index >= 15 is 0 Å². The predicted octanol–water partition coefficient (Wildman–Crippen LogP) is 6.30. The summed E-state index contributed by atoms with van der Waals surface area (Å²) in [6.45, 7) is 4.17. The molecule has 0 saturated heterocycles. The van der Waals surface area contributed by atoms with Crippen molar-refractivity contribution in [2.75, 3.05) is 12.4 Å². The van der Waals surface area contributed by atoms with Crippen LogP contribution in [0, 0.1) is 0 Å². The van der Waals surface area contributed by atoms with Gasteiger partial charge in [0.15, 0.2) is 0 Å². The summed E-state index contributed by atoms with van der Waals surface area (Å²) < 4.78 is 5.79. The lowest BCUT2D eigenvalue weighted by molar-refractivity contribution is 0.0959. The number of nitrogens with zero attached hydrogens (tertiary/aromatic N) is 2. The molecule has 2 aromatic carbocycles. The first-order valence-corrected chi connectivity index (χ1v) is 11.0. The number of hydrogen-bond donors (Lipinski definition) is 1. The van der Waals surface area contributed by atoms with Gasteiger partial charge in [0.05, 0.1) is 34.3 Å². The van der Waals surface area contributed by atoms with Crippen molar-refractivity contribution in [3.05, 3.63) is 75.0 Å². The lowest BCUT2D eigenvalue weighted by Crippen LogP contribution is -2.25. The second-order valence-corrected chi connectivity index (χ2v) is 8.29. The third-order valence-corrected chi connectivity index (χ3v) is 6.22. The summed E-state index contributed by atoms with van der Waals surface area (Å²) in [4.78, 5) is 9.96. The third kappa shape index (κ3) is 3.92. The summed E-state index contributed by atoms with van der Waals surface area (Å²) in [5, 5.41) is 4.83. The zero-order chi connectivity index (χ0) is 21.3. The van der Waals surface area contributed by atoms with Crippen LogP contribution in [0.4, 0.5) is 5.82 Å². The van der Waals surface area contributed by atoms with Crippen molar-refractivity contribution < 1.29 is 4.74 Å². The summed E-state index contributed by atoms with van der Waals surface area (Å²) in [6.07, 6.45) is 2.45. The van der Waals surface area contributed by atoms with Crippen molar-refractivity contribution in [2.45, 2.75) is 45.3 Å². The summed E-state index contributed by atoms with van der Waals surface area (Å²) in [6, 6.07) is 14.0. The minimum absolute atomic E-state index is 0.0421. The highest BCUT2D eigenvalue weighted by atomic mass is 35.5. The van der Waals surface area contributed by atoms with Crippen LogP contribution in [0.5, 0.6) is 0 Å². The van der Waals surface area contributed by atoms with Gasteiger partial charge in [-0.05, 0) is 42.2 Å². The molecule has 4 rings (SSSR count). The number of aryl methyl sites for hydroxylation is 2. The number of aromatic nitrogens is 2. The molecule has 6 heteroatoms. The summed E-state index contributed by atoms with van der Waals surface area (Å²) in [7, 11) is 1.76. The Kier molecular flexibility index (Phi) is 6.28. The highest BCUT2D eigenvalue weighted by Gasteiger charge is 2.33.